The van der Waals surface area contributed by atoms with Crippen LogP contribution in [0.1, 0.15) is 21.5 Å². The highest BCUT2D eigenvalue weighted by Gasteiger charge is 2.40. The number of nitrogens with zero attached hydrogens (tertiary/aromatic N) is 1. The number of hydrogen-bond acceptors (Lipinski definition) is 6. The van der Waals surface area contributed by atoms with E-state index >= 15 is 0 Å². The van der Waals surface area contributed by atoms with Gasteiger partial charge in [0.25, 0.3) is 17.7 Å². The first-order valence-corrected chi connectivity index (χ1v) is 11.4. The molecule has 0 spiro atoms. The fourth-order valence-electron chi connectivity index (χ4n) is 3.83. The minimum absolute atomic E-state index is 0.113. The molecule has 1 aliphatic heterocycles. The molecule has 0 unspecified atom stereocenters. The molecule has 3 aromatic carbocycles. The molecule has 0 saturated carbocycles. The van der Waals surface area contributed by atoms with Gasteiger partial charge in [-0.15, -0.1) is 0 Å². The lowest BCUT2D eigenvalue weighted by Gasteiger charge is -2.19. The summed E-state index contributed by atoms with van der Waals surface area (Å²) in [6, 6.07) is 17.0. The largest absolute Gasteiger partial charge is 0.497 e. The van der Waals surface area contributed by atoms with E-state index in [2.05, 4.69) is 10.6 Å². The van der Waals surface area contributed by atoms with E-state index in [4.69, 9.17) is 21.1 Å². The molecule has 0 aromatic heterocycles. The molecule has 3 aromatic rings. The van der Waals surface area contributed by atoms with E-state index in [9.17, 15) is 14.4 Å². The van der Waals surface area contributed by atoms with Crippen LogP contribution in [0.4, 0.5) is 17.1 Å². The molecule has 0 aliphatic carbocycles. The van der Waals surface area contributed by atoms with Crippen LogP contribution >= 0.6 is 11.6 Å². The van der Waals surface area contributed by atoms with Crippen LogP contribution in [0.15, 0.2) is 71.4 Å². The van der Waals surface area contributed by atoms with Gasteiger partial charge in [0, 0.05) is 23.0 Å². The van der Waals surface area contributed by atoms with Gasteiger partial charge in [0.2, 0.25) is 0 Å². The molecule has 0 atom stereocenters. The van der Waals surface area contributed by atoms with Crippen LogP contribution in [0.5, 0.6) is 11.5 Å². The van der Waals surface area contributed by atoms with Crippen LogP contribution in [0.3, 0.4) is 0 Å². The molecule has 3 amide bonds. The van der Waals surface area contributed by atoms with E-state index in [1.807, 2.05) is 32.0 Å². The molecule has 0 fully saturated rings. The highest BCUT2D eigenvalue weighted by Crippen LogP contribution is 2.38. The summed E-state index contributed by atoms with van der Waals surface area (Å²) in [4.78, 5) is 40.0. The zero-order valence-corrected chi connectivity index (χ0v) is 20.9. The monoisotopic (exact) mass is 505 g/mol. The highest BCUT2D eigenvalue weighted by atomic mass is 35.5. The lowest BCUT2D eigenvalue weighted by atomic mass is 10.1. The molecule has 8 nitrogen and oxygen atoms in total. The van der Waals surface area contributed by atoms with E-state index in [0.717, 1.165) is 16.0 Å². The van der Waals surface area contributed by atoms with E-state index in [1.54, 1.807) is 36.4 Å². The highest BCUT2D eigenvalue weighted by molar-refractivity contribution is 6.53. The first-order valence-electron chi connectivity index (χ1n) is 11.0. The molecule has 4 rings (SSSR count). The molecule has 184 valence electrons. The van der Waals surface area contributed by atoms with Gasteiger partial charge in [0.05, 0.1) is 19.9 Å². The van der Waals surface area contributed by atoms with Gasteiger partial charge in [-0.1, -0.05) is 35.4 Å². The van der Waals surface area contributed by atoms with Crippen LogP contribution in [0.25, 0.3) is 0 Å². The van der Waals surface area contributed by atoms with Crippen molar-refractivity contribution in [1.82, 2.24) is 0 Å². The van der Waals surface area contributed by atoms with Crippen molar-refractivity contribution in [2.45, 2.75) is 13.8 Å². The Labute approximate surface area is 213 Å². The molecule has 1 aliphatic rings. The smallest absolute Gasteiger partial charge is 0.283 e. The number of nitrogens with one attached hydrogen (secondary N) is 2. The molecule has 1 heterocycles. The minimum atomic E-state index is -0.709. The topological polar surface area (TPSA) is 97.0 Å². The normalized spacial score (nSPS) is 13.2. The molecule has 0 radical (unpaired) electrons. The number of rotatable bonds is 7. The Morgan fingerprint density at radius 2 is 1.69 bits per heavy atom. The van der Waals surface area contributed by atoms with Crippen molar-refractivity contribution in [1.29, 1.82) is 0 Å². The third kappa shape index (κ3) is 4.76. The molecule has 36 heavy (non-hydrogen) atoms. The minimum Gasteiger partial charge on any atom is -0.497 e. The van der Waals surface area contributed by atoms with Crippen LogP contribution < -0.4 is 25.0 Å². The SMILES string of the molecule is COc1ccc(OC)c(N2C(=O)C(Cl)=C(Nc3cccc(C(=O)Nc4ccc(C)cc4C)c3)C2=O)c1. The van der Waals surface area contributed by atoms with Crippen molar-refractivity contribution in [3.05, 3.63) is 88.1 Å². The number of halogens is 1. The van der Waals surface area contributed by atoms with Crippen molar-refractivity contribution in [2.75, 3.05) is 29.8 Å². The summed E-state index contributed by atoms with van der Waals surface area (Å²) in [7, 11) is 2.90. The summed E-state index contributed by atoms with van der Waals surface area (Å²) >= 11 is 6.28. The molecule has 0 bridgehead atoms. The van der Waals surface area contributed by atoms with Crippen molar-refractivity contribution < 1.29 is 23.9 Å². The fraction of sp³-hybridized carbons (Fsp3) is 0.148. The first-order chi connectivity index (χ1) is 17.2. The van der Waals surface area contributed by atoms with E-state index in [-0.39, 0.29) is 22.3 Å². The Balaban J connectivity index is 1.58. The second kappa shape index (κ2) is 10.1. The van der Waals surface area contributed by atoms with Crippen molar-refractivity contribution >= 4 is 46.4 Å². The number of anilines is 3. The summed E-state index contributed by atoms with van der Waals surface area (Å²) in [5.41, 5.74) is 3.60. The Hall–Kier alpha value is -4.30. The lowest BCUT2D eigenvalue weighted by molar-refractivity contribution is -0.120. The predicted molar refractivity (Wildman–Crippen MR) is 139 cm³/mol. The number of ether oxygens (including phenoxy) is 2. The van der Waals surface area contributed by atoms with Gasteiger partial charge < -0.3 is 20.1 Å². The fourth-order valence-corrected chi connectivity index (χ4v) is 4.05. The maximum absolute atomic E-state index is 13.2. The third-order valence-corrected chi connectivity index (χ3v) is 6.03. The Morgan fingerprint density at radius 3 is 2.39 bits per heavy atom. The van der Waals surface area contributed by atoms with Crippen molar-refractivity contribution in [2.24, 2.45) is 0 Å². The first kappa shape index (κ1) is 24.8. The number of methoxy groups -OCH3 is 2. The molecular weight excluding hydrogens is 482 g/mol. The Bertz CT molecular complexity index is 1420. The Kier molecular flexibility index (Phi) is 6.98. The molecular formula is C27H24ClN3O5. The van der Waals surface area contributed by atoms with E-state index in [0.29, 0.717) is 28.4 Å². The lowest BCUT2D eigenvalue weighted by Crippen LogP contribution is -2.32. The van der Waals surface area contributed by atoms with Gasteiger partial charge in [0.1, 0.15) is 22.2 Å². The zero-order chi connectivity index (χ0) is 26.0. The average molecular weight is 506 g/mol. The summed E-state index contributed by atoms with van der Waals surface area (Å²) in [6.45, 7) is 3.90. The maximum atomic E-state index is 13.2. The predicted octanol–water partition coefficient (Wildman–Crippen LogP) is 5.01. The second-order valence-corrected chi connectivity index (χ2v) is 8.53. The molecule has 0 saturated heterocycles. The number of carbonyl (C=O) groups is 3. The number of aryl methyl sites for hydroxylation is 2. The zero-order valence-electron chi connectivity index (χ0n) is 20.1. The number of imide groups is 1. The van der Waals surface area contributed by atoms with Crippen molar-refractivity contribution in [3.8, 4) is 11.5 Å². The summed E-state index contributed by atoms with van der Waals surface area (Å²) in [6.07, 6.45) is 0. The number of hydrogen-bond donors (Lipinski definition) is 2. The number of amides is 3. The average Bonchev–Trinajstić information content (AvgIpc) is 3.08. The summed E-state index contributed by atoms with van der Waals surface area (Å²) < 4.78 is 10.5. The summed E-state index contributed by atoms with van der Waals surface area (Å²) in [5.74, 6) is -0.955. The quantitative estimate of drug-likeness (QED) is 0.438. The Morgan fingerprint density at radius 1 is 0.917 bits per heavy atom. The standard InChI is InChI=1S/C27H24ClN3O5/c1-15-8-10-20(16(2)12-15)30-25(32)17-6-5-7-18(13-17)29-24-23(28)26(33)31(27(24)34)21-14-19(35-3)9-11-22(21)36-4/h5-14,29H,1-4H3,(H,30,32). The number of benzene rings is 3. The second-order valence-electron chi connectivity index (χ2n) is 8.15. The van der Waals surface area contributed by atoms with Gasteiger partial charge in [-0.3, -0.25) is 14.4 Å². The van der Waals surface area contributed by atoms with Gasteiger partial charge >= 0.3 is 0 Å². The van der Waals surface area contributed by atoms with Crippen LogP contribution in [0, 0.1) is 13.8 Å². The van der Waals surface area contributed by atoms with E-state index < -0.39 is 11.8 Å². The van der Waals surface area contributed by atoms with E-state index in [1.165, 1.54) is 20.3 Å². The van der Waals surface area contributed by atoms with Crippen LogP contribution in [0.2, 0.25) is 0 Å². The van der Waals surface area contributed by atoms with Crippen LogP contribution in [-0.2, 0) is 9.59 Å². The van der Waals surface area contributed by atoms with Crippen LogP contribution in [-0.4, -0.2) is 31.9 Å². The number of carbonyl (C=O) groups excluding carboxylic acids is 3. The summed E-state index contributed by atoms with van der Waals surface area (Å²) in [5, 5.41) is 5.51. The molecule has 2 N–H and O–H groups in total. The van der Waals surface area contributed by atoms with Gasteiger partial charge in [-0.2, -0.15) is 0 Å². The van der Waals surface area contributed by atoms with Gasteiger partial charge in [-0.05, 0) is 55.8 Å². The maximum Gasteiger partial charge on any atom is 0.283 e. The third-order valence-electron chi connectivity index (χ3n) is 5.68. The molecule has 9 heteroatoms. The van der Waals surface area contributed by atoms with Crippen molar-refractivity contribution in [3.63, 3.8) is 0 Å². The van der Waals surface area contributed by atoms with Gasteiger partial charge in [-0.25, -0.2) is 4.90 Å². The van der Waals surface area contributed by atoms with Gasteiger partial charge in [0.15, 0.2) is 0 Å².